The van der Waals surface area contributed by atoms with Gasteiger partial charge in [-0.3, -0.25) is 9.51 Å². The predicted octanol–water partition coefficient (Wildman–Crippen LogP) is 0.317. The zero-order valence-corrected chi connectivity index (χ0v) is 8.54. The first-order valence-corrected chi connectivity index (χ1v) is 4.55. The maximum Gasteiger partial charge on any atom is 0.442 e. The molecule has 0 radical (unpaired) electrons. The van der Waals surface area contributed by atoms with Crippen LogP contribution in [0.1, 0.15) is 6.92 Å². The van der Waals surface area contributed by atoms with Crippen LogP contribution in [-0.2, 0) is 6.54 Å². The van der Waals surface area contributed by atoms with Crippen LogP contribution < -0.4 is 5.76 Å². The normalized spacial score (nSPS) is 9.56. The van der Waals surface area contributed by atoms with Crippen LogP contribution in [0, 0.1) is 11.8 Å². The van der Waals surface area contributed by atoms with E-state index in [9.17, 15) is 4.79 Å². The fourth-order valence-electron chi connectivity index (χ4n) is 1.16. The van der Waals surface area contributed by atoms with E-state index < -0.39 is 5.76 Å². The number of rotatable bonds is 2. The zero-order chi connectivity index (χ0) is 11.4. The molecule has 0 saturated carbocycles. The maximum atomic E-state index is 11.3. The quantitative estimate of drug-likeness (QED) is 0.676. The number of hydrogen-bond acceptors (Lipinski definition) is 5. The summed E-state index contributed by atoms with van der Waals surface area (Å²) in [5.74, 6) is 5.24. The standard InChI is InChI=1S/C10H8N4O2/c1-2-3-6-14-9(13-16-10(14)15)8-7-11-4-5-12-8/h4-5,7H,6H2,1H3. The minimum Gasteiger partial charge on any atom is -0.295 e. The molecule has 0 atom stereocenters. The molecular weight excluding hydrogens is 208 g/mol. The molecule has 2 rings (SSSR count). The van der Waals surface area contributed by atoms with Gasteiger partial charge in [0.15, 0.2) is 0 Å². The molecule has 0 amide bonds. The van der Waals surface area contributed by atoms with Gasteiger partial charge in [-0.15, -0.1) is 5.92 Å². The summed E-state index contributed by atoms with van der Waals surface area (Å²) >= 11 is 0. The first kappa shape index (κ1) is 10.1. The van der Waals surface area contributed by atoms with E-state index >= 15 is 0 Å². The van der Waals surface area contributed by atoms with Crippen LogP contribution in [0.25, 0.3) is 11.5 Å². The first-order chi connectivity index (χ1) is 7.83. The zero-order valence-electron chi connectivity index (χ0n) is 8.54. The monoisotopic (exact) mass is 216 g/mol. The number of aromatic nitrogens is 4. The van der Waals surface area contributed by atoms with Gasteiger partial charge in [-0.2, -0.15) is 0 Å². The van der Waals surface area contributed by atoms with Crippen molar-refractivity contribution < 1.29 is 4.52 Å². The molecule has 0 fully saturated rings. The van der Waals surface area contributed by atoms with E-state index in [0.29, 0.717) is 11.5 Å². The van der Waals surface area contributed by atoms with Crippen LogP contribution >= 0.6 is 0 Å². The van der Waals surface area contributed by atoms with Crippen LogP contribution in [0.5, 0.6) is 0 Å². The van der Waals surface area contributed by atoms with Gasteiger partial charge in [-0.25, -0.2) is 14.3 Å². The fourth-order valence-corrected chi connectivity index (χ4v) is 1.16. The Labute approximate surface area is 90.9 Å². The molecular formula is C10H8N4O2. The third-order valence-electron chi connectivity index (χ3n) is 1.89. The van der Waals surface area contributed by atoms with Crippen molar-refractivity contribution in [2.75, 3.05) is 0 Å². The highest BCUT2D eigenvalue weighted by Crippen LogP contribution is 2.09. The minimum atomic E-state index is -0.552. The van der Waals surface area contributed by atoms with Crippen molar-refractivity contribution in [3.63, 3.8) is 0 Å². The van der Waals surface area contributed by atoms with E-state index in [1.165, 1.54) is 23.2 Å². The van der Waals surface area contributed by atoms with E-state index in [-0.39, 0.29) is 6.54 Å². The van der Waals surface area contributed by atoms with Gasteiger partial charge in [0, 0.05) is 12.4 Å². The third-order valence-corrected chi connectivity index (χ3v) is 1.89. The Morgan fingerprint density at radius 2 is 2.38 bits per heavy atom. The molecule has 0 aromatic carbocycles. The summed E-state index contributed by atoms with van der Waals surface area (Å²) in [6, 6.07) is 0. The Morgan fingerprint density at radius 3 is 3.06 bits per heavy atom. The predicted molar refractivity (Wildman–Crippen MR) is 55.2 cm³/mol. The number of nitrogens with zero attached hydrogens (tertiary/aromatic N) is 4. The van der Waals surface area contributed by atoms with Crippen molar-refractivity contribution >= 4 is 0 Å². The molecule has 80 valence electrons. The second-order valence-electron chi connectivity index (χ2n) is 2.88. The summed E-state index contributed by atoms with van der Waals surface area (Å²) in [7, 11) is 0. The number of hydrogen-bond donors (Lipinski definition) is 0. The smallest absolute Gasteiger partial charge is 0.295 e. The van der Waals surface area contributed by atoms with Crippen molar-refractivity contribution in [3.8, 4) is 23.4 Å². The summed E-state index contributed by atoms with van der Waals surface area (Å²) in [5, 5.41) is 3.64. The minimum absolute atomic E-state index is 0.227. The lowest BCUT2D eigenvalue weighted by Crippen LogP contribution is -2.15. The van der Waals surface area contributed by atoms with E-state index in [1.807, 2.05) is 0 Å². The summed E-state index contributed by atoms with van der Waals surface area (Å²) in [6.45, 7) is 1.92. The van der Waals surface area contributed by atoms with E-state index in [1.54, 1.807) is 6.92 Å². The molecule has 0 aliphatic rings. The molecule has 0 N–H and O–H groups in total. The van der Waals surface area contributed by atoms with E-state index in [0.717, 1.165) is 0 Å². The molecule has 0 spiro atoms. The lowest BCUT2D eigenvalue weighted by molar-refractivity contribution is 0.379. The maximum absolute atomic E-state index is 11.3. The molecule has 0 aliphatic carbocycles. The molecule has 16 heavy (non-hydrogen) atoms. The van der Waals surface area contributed by atoms with Crippen molar-refractivity contribution in [3.05, 3.63) is 29.1 Å². The second-order valence-corrected chi connectivity index (χ2v) is 2.88. The van der Waals surface area contributed by atoms with Crippen LogP contribution in [0.3, 0.4) is 0 Å². The molecule has 0 bridgehead atoms. The molecule has 0 unspecified atom stereocenters. The SMILES string of the molecule is CC#CCn1c(-c2cnccn2)noc1=O. The van der Waals surface area contributed by atoms with Crippen LogP contribution in [0.15, 0.2) is 27.9 Å². The van der Waals surface area contributed by atoms with Gasteiger partial charge in [-0.05, 0) is 6.92 Å². The highest BCUT2D eigenvalue weighted by molar-refractivity contribution is 5.46. The summed E-state index contributed by atoms with van der Waals surface area (Å²) < 4.78 is 5.88. The first-order valence-electron chi connectivity index (χ1n) is 4.55. The van der Waals surface area contributed by atoms with E-state index in [4.69, 9.17) is 0 Å². The molecule has 6 heteroatoms. The lowest BCUT2D eigenvalue weighted by atomic mass is 10.4. The average molecular weight is 216 g/mol. The van der Waals surface area contributed by atoms with Crippen molar-refractivity contribution in [2.24, 2.45) is 0 Å². The molecule has 2 aromatic heterocycles. The Bertz CT molecular complexity index is 589. The Morgan fingerprint density at radius 1 is 1.50 bits per heavy atom. The van der Waals surface area contributed by atoms with Crippen LogP contribution in [-0.4, -0.2) is 19.7 Å². The Hall–Kier alpha value is -2.42. The fraction of sp³-hybridized carbons (Fsp3) is 0.200. The van der Waals surface area contributed by atoms with Crippen LogP contribution in [0.2, 0.25) is 0 Å². The molecule has 0 saturated heterocycles. The van der Waals surface area contributed by atoms with Gasteiger partial charge < -0.3 is 0 Å². The summed E-state index contributed by atoms with van der Waals surface area (Å²) in [5.41, 5.74) is 0.478. The molecule has 2 heterocycles. The van der Waals surface area contributed by atoms with Crippen molar-refractivity contribution in [2.45, 2.75) is 13.5 Å². The third kappa shape index (κ3) is 1.83. The van der Waals surface area contributed by atoms with Gasteiger partial charge in [0.05, 0.1) is 12.7 Å². The Kier molecular flexibility index (Phi) is 2.78. The van der Waals surface area contributed by atoms with Crippen molar-refractivity contribution in [1.29, 1.82) is 0 Å². The molecule has 6 nitrogen and oxygen atoms in total. The van der Waals surface area contributed by atoms with Crippen molar-refractivity contribution in [1.82, 2.24) is 19.7 Å². The summed E-state index contributed by atoms with van der Waals surface area (Å²) in [6.07, 6.45) is 4.56. The van der Waals surface area contributed by atoms with E-state index in [2.05, 4.69) is 31.5 Å². The summed E-state index contributed by atoms with van der Waals surface area (Å²) in [4.78, 5) is 19.3. The van der Waals surface area contributed by atoms with Gasteiger partial charge in [0.1, 0.15) is 5.69 Å². The lowest BCUT2D eigenvalue weighted by Gasteiger charge is -1.97. The van der Waals surface area contributed by atoms with Gasteiger partial charge in [0.25, 0.3) is 0 Å². The second kappa shape index (κ2) is 4.40. The molecule has 2 aromatic rings. The highest BCUT2D eigenvalue weighted by Gasteiger charge is 2.12. The van der Waals surface area contributed by atoms with Gasteiger partial charge in [-0.1, -0.05) is 11.1 Å². The van der Waals surface area contributed by atoms with Gasteiger partial charge in [0.2, 0.25) is 5.82 Å². The Balaban J connectivity index is 2.49. The van der Waals surface area contributed by atoms with Crippen LogP contribution in [0.4, 0.5) is 0 Å². The average Bonchev–Trinajstić information content (AvgIpc) is 2.69. The topological polar surface area (TPSA) is 73.8 Å². The highest BCUT2D eigenvalue weighted by atomic mass is 16.5. The van der Waals surface area contributed by atoms with Gasteiger partial charge >= 0.3 is 5.76 Å². The molecule has 0 aliphatic heterocycles. The largest absolute Gasteiger partial charge is 0.442 e.